The number of rotatable bonds is 3. The molecule has 0 fully saturated rings. The smallest absolute Gasteiger partial charge is 0.329 e. The third-order valence-corrected chi connectivity index (χ3v) is 3.85. The first kappa shape index (κ1) is 16.7. The highest BCUT2D eigenvalue weighted by Gasteiger charge is 2.15. The van der Waals surface area contributed by atoms with Gasteiger partial charge in [0, 0.05) is 5.56 Å². The number of nitrogens with two attached hydrogens (primary N) is 1. The quantitative estimate of drug-likeness (QED) is 0.518. The van der Waals surface area contributed by atoms with Crippen LogP contribution < -0.4 is 11.2 Å². The van der Waals surface area contributed by atoms with Crippen LogP contribution in [0.3, 0.4) is 0 Å². The Morgan fingerprint density at radius 3 is 2.48 bits per heavy atom. The maximum Gasteiger partial charge on any atom is 0.329 e. The highest BCUT2D eigenvalue weighted by molar-refractivity contribution is 6.34. The van der Waals surface area contributed by atoms with Gasteiger partial charge in [0.05, 0.1) is 6.21 Å². The highest BCUT2D eigenvalue weighted by Crippen LogP contribution is 2.35. The molecule has 2 rings (SSSR count). The van der Waals surface area contributed by atoms with Crippen LogP contribution in [0.4, 0.5) is 0 Å². The summed E-state index contributed by atoms with van der Waals surface area (Å²) < 4.78 is 0. The highest BCUT2D eigenvalue weighted by atomic mass is 16.2. The molecule has 0 radical (unpaired) electrons. The molecule has 5 nitrogen and oxygen atoms in total. The number of hydrogen-bond donors (Lipinski definition) is 2. The fraction of sp³-hybridized carbons (Fsp3) is 0.278. The summed E-state index contributed by atoms with van der Waals surface area (Å²) in [5, 5.41) is 3.82. The molecule has 0 aromatic heterocycles. The molecule has 0 heterocycles. The zero-order valence-electron chi connectivity index (χ0n) is 13.8. The number of carbonyl (C=O) groups excluding carboxylic acids is 2. The molecule has 0 atom stereocenters. The number of nitrogens with zero attached hydrogens (tertiary/aromatic N) is 1. The molecule has 2 aliphatic carbocycles. The molecule has 0 aromatic rings. The van der Waals surface area contributed by atoms with E-state index in [1.807, 2.05) is 19.9 Å². The molecular weight excluding hydrogens is 290 g/mol. The molecule has 0 saturated heterocycles. The van der Waals surface area contributed by atoms with Crippen LogP contribution in [0.2, 0.25) is 0 Å². The molecule has 0 unspecified atom stereocenters. The van der Waals surface area contributed by atoms with Crippen molar-refractivity contribution in [3.05, 3.63) is 46.5 Å². The van der Waals surface area contributed by atoms with Gasteiger partial charge in [-0.3, -0.25) is 9.59 Å². The zero-order valence-corrected chi connectivity index (χ0v) is 13.8. The lowest BCUT2D eigenvalue weighted by Crippen LogP contribution is -2.32. The van der Waals surface area contributed by atoms with Gasteiger partial charge in [0.2, 0.25) is 0 Å². The average molecular weight is 311 g/mol. The Morgan fingerprint density at radius 1 is 1.17 bits per heavy atom. The van der Waals surface area contributed by atoms with Crippen LogP contribution >= 0.6 is 0 Å². The summed E-state index contributed by atoms with van der Waals surface area (Å²) in [6.45, 7) is 8.42. The van der Waals surface area contributed by atoms with Crippen LogP contribution in [0.1, 0.15) is 42.0 Å². The summed E-state index contributed by atoms with van der Waals surface area (Å²) in [5.41, 5.74) is 13.7. The van der Waals surface area contributed by atoms with Crippen molar-refractivity contribution in [2.75, 3.05) is 0 Å². The van der Waals surface area contributed by atoms with Crippen molar-refractivity contribution in [3.8, 4) is 11.1 Å². The maximum absolute atomic E-state index is 11.1. The fourth-order valence-electron chi connectivity index (χ4n) is 2.56. The van der Waals surface area contributed by atoms with E-state index in [2.05, 4.69) is 42.6 Å². The van der Waals surface area contributed by atoms with Gasteiger partial charge in [0.1, 0.15) is 0 Å². The molecule has 120 valence electrons. The van der Waals surface area contributed by atoms with Gasteiger partial charge in [0.15, 0.2) is 0 Å². The normalized spacial score (nSPS) is 11.3. The van der Waals surface area contributed by atoms with Crippen LogP contribution in [0, 0.1) is 13.8 Å². The van der Waals surface area contributed by atoms with Crippen molar-refractivity contribution >= 4 is 18.0 Å². The van der Waals surface area contributed by atoms with Crippen molar-refractivity contribution in [1.82, 2.24) is 5.43 Å². The monoisotopic (exact) mass is 311 g/mol. The van der Waals surface area contributed by atoms with Gasteiger partial charge >= 0.3 is 11.8 Å². The number of primary amides is 1. The third-order valence-electron chi connectivity index (χ3n) is 3.85. The lowest BCUT2D eigenvalue weighted by atomic mass is 10.0. The maximum atomic E-state index is 11.1. The van der Waals surface area contributed by atoms with Gasteiger partial charge in [-0.2, -0.15) is 5.10 Å². The summed E-state index contributed by atoms with van der Waals surface area (Å²) in [6.07, 6.45) is 1.54. The number of amides is 2. The molecule has 0 aliphatic heterocycles. The van der Waals surface area contributed by atoms with Crippen LogP contribution in [-0.2, 0) is 9.59 Å². The first-order valence-electron chi connectivity index (χ1n) is 7.48. The van der Waals surface area contributed by atoms with Crippen molar-refractivity contribution in [3.63, 3.8) is 0 Å². The lowest BCUT2D eigenvalue weighted by molar-refractivity contribution is -0.137. The standard InChI is InChI=1S/C18H21N3O2/c1-10(2)13-6-5-11(3)16-14(7-12(4)15(16)8-13)9-20-21-18(23)17(19)22/h5-10H,1-4H3,(H2,19,22)(H,21,23). The van der Waals surface area contributed by atoms with E-state index in [9.17, 15) is 9.59 Å². The Labute approximate surface area is 135 Å². The second-order valence-electron chi connectivity index (χ2n) is 5.95. The minimum absolute atomic E-state index is 0.436. The van der Waals surface area contributed by atoms with Crippen molar-refractivity contribution < 1.29 is 9.59 Å². The lowest BCUT2D eigenvalue weighted by Gasteiger charge is -2.04. The number of fused-ring (bicyclic) bond motifs is 1. The van der Waals surface area contributed by atoms with E-state index in [-0.39, 0.29) is 0 Å². The molecule has 0 aromatic carbocycles. The fourth-order valence-corrected chi connectivity index (χ4v) is 2.56. The number of hydrogen-bond acceptors (Lipinski definition) is 3. The van der Waals surface area contributed by atoms with Crippen molar-refractivity contribution in [2.45, 2.75) is 33.6 Å². The molecule has 2 amide bonds. The molecular formula is C18H21N3O2. The second kappa shape index (κ2) is 6.60. The number of nitrogens with one attached hydrogen (secondary N) is 1. The average Bonchev–Trinajstić information content (AvgIpc) is 2.66. The molecule has 0 spiro atoms. The minimum atomic E-state index is -1.06. The van der Waals surface area contributed by atoms with Gasteiger partial charge in [-0.05, 0) is 53.6 Å². The van der Waals surface area contributed by atoms with Crippen LogP contribution in [-0.4, -0.2) is 18.0 Å². The van der Waals surface area contributed by atoms with E-state index in [4.69, 9.17) is 5.73 Å². The number of carbonyl (C=O) groups is 2. The van der Waals surface area contributed by atoms with E-state index >= 15 is 0 Å². The van der Waals surface area contributed by atoms with Gasteiger partial charge in [-0.1, -0.05) is 32.0 Å². The Bertz CT molecular complexity index is 763. The summed E-state index contributed by atoms with van der Waals surface area (Å²) in [5.74, 6) is -1.56. The predicted molar refractivity (Wildman–Crippen MR) is 91.6 cm³/mol. The summed E-state index contributed by atoms with van der Waals surface area (Å²) >= 11 is 0. The first-order valence-corrected chi connectivity index (χ1v) is 7.48. The van der Waals surface area contributed by atoms with Gasteiger partial charge in [-0.15, -0.1) is 0 Å². The van der Waals surface area contributed by atoms with E-state index in [1.54, 1.807) is 0 Å². The molecule has 0 bridgehead atoms. The number of hydrazone groups is 1. The largest absolute Gasteiger partial charge is 0.361 e. The van der Waals surface area contributed by atoms with E-state index in [0.29, 0.717) is 5.92 Å². The van der Waals surface area contributed by atoms with Crippen LogP contribution in [0.25, 0.3) is 11.1 Å². The summed E-state index contributed by atoms with van der Waals surface area (Å²) in [7, 11) is 0. The molecule has 0 saturated carbocycles. The Balaban J connectivity index is 2.43. The molecule has 2 aliphatic rings. The van der Waals surface area contributed by atoms with E-state index in [1.165, 1.54) is 17.3 Å². The van der Waals surface area contributed by atoms with Crippen LogP contribution in [0.15, 0.2) is 29.4 Å². The Hall–Kier alpha value is -2.69. The molecule has 23 heavy (non-hydrogen) atoms. The predicted octanol–water partition coefficient (Wildman–Crippen LogP) is 2.47. The van der Waals surface area contributed by atoms with Gasteiger partial charge < -0.3 is 5.73 Å². The second-order valence-corrected chi connectivity index (χ2v) is 5.95. The van der Waals surface area contributed by atoms with Crippen molar-refractivity contribution in [1.29, 1.82) is 0 Å². The van der Waals surface area contributed by atoms with Crippen molar-refractivity contribution in [2.24, 2.45) is 10.8 Å². The summed E-state index contributed by atoms with van der Waals surface area (Å²) in [4.78, 5) is 21.8. The first-order chi connectivity index (χ1) is 10.8. The molecule has 5 heteroatoms. The van der Waals surface area contributed by atoms with Crippen LogP contribution in [0.5, 0.6) is 0 Å². The van der Waals surface area contributed by atoms with E-state index < -0.39 is 11.8 Å². The Kier molecular flexibility index (Phi) is 4.79. The van der Waals surface area contributed by atoms with E-state index in [0.717, 1.165) is 22.3 Å². The van der Waals surface area contributed by atoms with Gasteiger partial charge in [0.25, 0.3) is 0 Å². The molecule has 3 N–H and O–H groups in total. The SMILES string of the molecule is Cc1cc(C=NNC(=O)C(N)=O)c2c(C)ccc(C(C)C)cc1-2. The Morgan fingerprint density at radius 2 is 1.87 bits per heavy atom. The topological polar surface area (TPSA) is 84.6 Å². The minimum Gasteiger partial charge on any atom is -0.361 e. The van der Waals surface area contributed by atoms with Gasteiger partial charge in [-0.25, -0.2) is 5.43 Å². The zero-order chi connectivity index (χ0) is 17.1. The third kappa shape index (κ3) is 3.56. The number of aryl methyl sites for hydroxylation is 2. The summed E-state index contributed by atoms with van der Waals surface area (Å²) in [6, 6.07) is 8.44.